The van der Waals surface area contributed by atoms with Gasteiger partial charge < -0.3 is 20.8 Å². The maximum Gasteiger partial charge on any atom is 0.256 e. The first-order valence-corrected chi connectivity index (χ1v) is 9.84. The van der Waals surface area contributed by atoms with Crippen molar-refractivity contribution in [2.24, 2.45) is 0 Å². The van der Waals surface area contributed by atoms with Crippen molar-refractivity contribution in [3.63, 3.8) is 0 Å². The van der Waals surface area contributed by atoms with Gasteiger partial charge in [0.05, 0.1) is 16.9 Å². The zero-order valence-corrected chi connectivity index (χ0v) is 16.2. The van der Waals surface area contributed by atoms with Crippen molar-refractivity contribution in [2.45, 2.75) is 25.3 Å². The largest absolute Gasteiger partial charge is 0.436 e. The molecule has 1 aliphatic rings. The Balaban J connectivity index is 1.66. The van der Waals surface area contributed by atoms with Crippen molar-refractivity contribution in [3.8, 4) is 29.0 Å². The summed E-state index contributed by atoms with van der Waals surface area (Å²) in [6, 6.07) is 15.9. The number of aromatic nitrogens is 3. The van der Waals surface area contributed by atoms with Crippen LogP contribution in [0, 0.1) is 11.3 Å². The van der Waals surface area contributed by atoms with Gasteiger partial charge in [0.15, 0.2) is 0 Å². The van der Waals surface area contributed by atoms with Gasteiger partial charge >= 0.3 is 0 Å². The second kappa shape index (κ2) is 7.08. The normalized spacial score (nSPS) is 13.7. The molecule has 4 aromatic rings. The Morgan fingerprint density at radius 3 is 2.50 bits per heavy atom. The Morgan fingerprint density at radius 1 is 1.03 bits per heavy atom. The second-order valence-corrected chi connectivity index (χ2v) is 7.44. The Kier molecular flexibility index (Phi) is 4.25. The number of anilines is 2. The summed E-state index contributed by atoms with van der Waals surface area (Å²) in [6.07, 6.45) is 6.39. The van der Waals surface area contributed by atoms with Gasteiger partial charge in [-0.3, -0.25) is 0 Å². The van der Waals surface area contributed by atoms with Gasteiger partial charge in [0, 0.05) is 41.1 Å². The van der Waals surface area contributed by atoms with Gasteiger partial charge in [0.25, 0.3) is 5.88 Å². The molecule has 0 aliphatic heterocycles. The number of nitriles is 1. The average Bonchev–Trinajstić information content (AvgIpc) is 3.00. The van der Waals surface area contributed by atoms with E-state index in [1.165, 1.54) is 18.8 Å². The van der Waals surface area contributed by atoms with Crippen LogP contribution in [0.3, 0.4) is 0 Å². The molecule has 0 amide bonds. The fraction of sp³-hybridized carbons (Fsp3) is 0.174. The van der Waals surface area contributed by atoms with Crippen molar-refractivity contribution in [1.82, 2.24) is 14.5 Å². The first-order valence-electron chi connectivity index (χ1n) is 9.84. The van der Waals surface area contributed by atoms with Crippen molar-refractivity contribution >= 4 is 22.3 Å². The Morgan fingerprint density at radius 2 is 1.80 bits per heavy atom. The molecule has 148 valence electrons. The van der Waals surface area contributed by atoms with E-state index in [9.17, 15) is 5.26 Å². The standard InChI is InChI=1S/C23H20N6O/c24-13-19-23(28-11-10-27-19)30-17-8-9-18-20(12-17)29(16-2-1-3-16)22(21(18)26)14-4-6-15(25)7-5-14/h4-12,16H,1-3,25-26H2. The van der Waals surface area contributed by atoms with E-state index < -0.39 is 0 Å². The molecule has 2 heterocycles. The van der Waals surface area contributed by atoms with E-state index in [1.807, 2.05) is 48.5 Å². The molecule has 7 heteroatoms. The summed E-state index contributed by atoms with van der Waals surface area (Å²) in [7, 11) is 0. The number of rotatable bonds is 4. The van der Waals surface area contributed by atoms with Crippen LogP contribution in [0.5, 0.6) is 11.6 Å². The predicted octanol–water partition coefficient (Wildman–Crippen LogP) is 4.65. The number of benzene rings is 2. The number of ether oxygens (including phenoxy) is 1. The third-order valence-electron chi connectivity index (χ3n) is 5.62. The molecule has 0 radical (unpaired) electrons. The third kappa shape index (κ3) is 2.90. The van der Waals surface area contributed by atoms with Crippen molar-refractivity contribution in [2.75, 3.05) is 11.5 Å². The molecule has 7 nitrogen and oxygen atoms in total. The van der Waals surface area contributed by atoms with Crippen molar-refractivity contribution in [3.05, 3.63) is 60.6 Å². The minimum atomic E-state index is 0.147. The number of nitrogen functional groups attached to an aromatic ring is 2. The van der Waals surface area contributed by atoms with Gasteiger partial charge in [-0.1, -0.05) is 12.1 Å². The molecule has 2 aromatic heterocycles. The van der Waals surface area contributed by atoms with Crippen LogP contribution in [-0.2, 0) is 0 Å². The van der Waals surface area contributed by atoms with Crippen LogP contribution < -0.4 is 16.2 Å². The molecule has 4 N–H and O–H groups in total. The summed E-state index contributed by atoms with van der Waals surface area (Å²) in [5, 5.41) is 10.2. The van der Waals surface area contributed by atoms with Crippen LogP contribution in [0.25, 0.3) is 22.2 Å². The summed E-state index contributed by atoms with van der Waals surface area (Å²) in [6.45, 7) is 0. The lowest BCUT2D eigenvalue weighted by Gasteiger charge is -2.30. The van der Waals surface area contributed by atoms with Crippen LogP contribution in [0.1, 0.15) is 31.0 Å². The van der Waals surface area contributed by atoms with Gasteiger partial charge in [-0.25, -0.2) is 9.97 Å². The van der Waals surface area contributed by atoms with E-state index in [0.29, 0.717) is 11.8 Å². The van der Waals surface area contributed by atoms with E-state index in [4.69, 9.17) is 16.2 Å². The molecule has 2 aromatic carbocycles. The topological polar surface area (TPSA) is 116 Å². The van der Waals surface area contributed by atoms with Crippen LogP contribution in [0.2, 0.25) is 0 Å². The molecule has 1 fully saturated rings. The summed E-state index contributed by atoms with van der Waals surface area (Å²) in [5.41, 5.74) is 17.1. The van der Waals surface area contributed by atoms with Crippen molar-refractivity contribution < 1.29 is 4.74 Å². The Hall–Kier alpha value is -4.05. The minimum absolute atomic E-state index is 0.147. The Labute approximate surface area is 173 Å². The van der Waals surface area contributed by atoms with Crippen molar-refractivity contribution in [1.29, 1.82) is 5.26 Å². The van der Waals surface area contributed by atoms with E-state index in [1.54, 1.807) is 0 Å². The summed E-state index contributed by atoms with van der Waals surface area (Å²) < 4.78 is 8.21. The Bertz CT molecular complexity index is 1280. The molecule has 0 spiro atoms. The number of hydrogen-bond acceptors (Lipinski definition) is 6. The van der Waals surface area contributed by atoms with Gasteiger partial charge in [-0.15, -0.1) is 0 Å². The lowest BCUT2D eigenvalue weighted by molar-refractivity contribution is 0.324. The van der Waals surface area contributed by atoms with Gasteiger partial charge in [-0.2, -0.15) is 5.26 Å². The molecule has 1 aliphatic carbocycles. The maximum atomic E-state index is 9.25. The van der Waals surface area contributed by atoms with Crippen LogP contribution in [0.4, 0.5) is 11.4 Å². The number of nitrogens with zero attached hydrogens (tertiary/aromatic N) is 4. The average molecular weight is 396 g/mol. The van der Waals surface area contributed by atoms with Crippen LogP contribution in [0.15, 0.2) is 54.9 Å². The highest BCUT2D eigenvalue weighted by atomic mass is 16.5. The minimum Gasteiger partial charge on any atom is -0.436 e. The summed E-state index contributed by atoms with van der Waals surface area (Å²) in [4.78, 5) is 8.14. The quantitative estimate of drug-likeness (QED) is 0.485. The predicted molar refractivity (Wildman–Crippen MR) is 116 cm³/mol. The van der Waals surface area contributed by atoms with Gasteiger partial charge in [-0.05, 0) is 43.5 Å². The van der Waals surface area contributed by atoms with Crippen LogP contribution >= 0.6 is 0 Å². The van der Waals surface area contributed by atoms with E-state index >= 15 is 0 Å². The molecule has 0 saturated heterocycles. The molecule has 0 unspecified atom stereocenters. The highest BCUT2D eigenvalue weighted by molar-refractivity contribution is 6.01. The number of hydrogen-bond donors (Lipinski definition) is 2. The monoisotopic (exact) mass is 396 g/mol. The summed E-state index contributed by atoms with van der Waals surface area (Å²) >= 11 is 0. The fourth-order valence-corrected chi connectivity index (χ4v) is 3.93. The highest BCUT2D eigenvalue weighted by Gasteiger charge is 2.27. The first-order chi connectivity index (χ1) is 14.7. The van der Waals surface area contributed by atoms with E-state index in [-0.39, 0.29) is 11.6 Å². The summed E-state index contributed by atoms with van der Waals surface area (Å²) in [5.74, 6) is 0.772. The van der Waals surface area contributed by atoms with Gasteiger partial charge in [0.2, 0.25) is 5.69 Å². The molecular weight excluding hydrogens is 376 g/mol. The fourth-order valence-electron chi connectivity index (χ4n) is 3.93. The molecule has 0 atom stereocenters. The zero-order valence-electron chi connectivity index (χ0n) is 16.2. The van der Waals surface area contributed by atoms with Crippen LogP contribution in [-0.4, -0.2) is 14.5 Å². The van der Waals surface area contributed by atoms with Gasteiger partial charge in [0.1, 0.15) is 11.8 Å². The molecule has 1 saturated carbocycles. The molecule has 30 heavy (non-hydrogen) atoms. The molecule has 0 bridgehead atoms. The number of fused-ring (bicyclic) bond motifs is 1. The van der Waals surface area contributed by atoms with E-state index in [2.05, 4.69) is 14.5 Å². The number of nitrogens with two attached hydrogens (primary N) is 2. The third-order valence-corrected chi connectivity index (χ3v) is 5.62. The second-order valence-electron chi connectivity index (χ2n) is 7.44. The smallest absolute Gasteiger partial charge is 0.256 e. The highest BCUT2D eigenvalue weighted by Crippen LogP contribution is 2.45. The lowest BCUT2D eigenvalue weighted by atomic mass is 9.92. The maximum absolute atomic E-state index is 9.25. The molecule has 5 rings (SSSR count). The first kappa shape index (κ1) is 18.0. The zero-order chi connectivity index (χ0) is 20.7. The molecular formula is C23H20N6O. The van der Waals surface area contributed by atoms with E-state index in [0.717, 1.165) is 46.4 Å². The lowest BCUT2D eigenvalue weighted by Crippen LogP contribution is -2.17. The SMILES string of the molecule is N#Cc1nccnc1Oc1ccc2c(N)c(-c3ccc(N)cc3)n(C3CCC3)c2c1.